The maximum atomic E-state index is 12.0. The van der Waals surface area contributed by atoms with Crippen molar-refractivity contribution in [1.82, 2.24) is 9.91 Å². The number of carbonyl (C=O) groups is 1. The lowest BCUT2D eigenvalue weighted by molar-refractivity contribution is 0.0990. The maximum absolute atomic E-state index is 12.0. The number of hydrazone groups is 1. The number of rotatable bonds is 5. The molecule has 0 bridgehead atoms. The summed E-state index contributed by atoms with van der Waals surface area (Å²) in [4.78, 5) is 14.4. The van der Waals surface area contributed by atoms with E-state index in [1.165, 1.54) is 24.3 Å². The van der Waals surface area contributed by atoms with E-state index in [2.05, 4.69) is 10.0 Å². The Labute approximate surface area is 175 Å². The second kappa shape index (κ2) is 9.45. The molecule has 0 N–H and O–H groups in total. The molecule has 2 fully saturated rings. The van der Waals surface area contributed by atoms with Gasteiger partial charge in [0.25, 0.3) is 0 Å². The molecule has 0 aliphatic carbocycles. The van der Waals surface area contributed by atoms with Crippen LogP contribution >= 0.6 is 24.0 Å². The molecule has 1 aromatic heterocycles. The van der Waals surface area contributed by atoms with Gasteiger partial charge in [-0.25, -0.2) is 4.79 Å². The zero-order valence-corrected chi connectivity index (χ0v) is 17.0. The second-order valence-corrected chi connectivity index (χ2v) is 7.34. The lowest BCUT2D eigenvalue weighted by Crippen LogP contribution is -2.37. The van der Waals surface area contributed by atoms with Gasteiger partial charge < -0.3 is 9.15 Å². The van der Waals surface area contributed by atoms with Gasteiger partial charge in [-0.05, 0) is 62.3 Å². The number of halogens is 2. The SMILES string of the molecule is Cl.O=C1OC(CN2CCCCC2)CN1N=Cc1ccc(-c2ccc(Cl)cc2)o1. The molecule has 2 aliphatic rings. The highest BCUT2D eigenvalue weighted by Gasteiger charge is 2.32. The summed E-state index contributed by atoms with van der Waals surface area (Å²) in [5.74, 6) is 1.30. The largest absolute Gasteiger partial charge is 0.455 e. The molecule has 3 heterocycles. The average molecular weight is 424 g/mol. The number of carbonyl (C=O) groups excluding carboxylic acids is 1. The molecule has 1 amide bonds. The Morgan fingerprint density at radius 3 is 2.61 bits per heavy atom. The quantitative estimate of drug-likeness (QED) is 0.655. The molecule has 2 aromatic rings. The van der Waals surface area contributed by atoms with Crippen LogP contribution in [0.4, 0.5) is 4.79 Å². The molecule has 2 saturated heterocycles. The number of furan rings is 1. The number of hydrogen-bond acceptors (Lipinski definition) is 5. The highest BCUT2D eigenvalue weighted by molar-refractivity contribution is 6.30. The van der Waals surface area contributed by atoms with Crippen molar-refractivity contribution in [3.05, 3.63) is 47.2 Å². The molecule has 150 valence electrons. The van der Waals surface area contributed by atoms with Crippen molar-refractivity contribution in [3.8, 4) is 11.3 Å². The lowest BCUT2D eigenvalue weighted by atomic mass is 10.1. The molecule has 0 saturated carbocycles. The Balaban J connectivity index is 0.00000225. The van der Waals surface area contributed by atoms with Crippen molar-refractivity contribution in [3.63, 3.8) is 0 Å². The predicted molar refractivity (Wildman–Crippen MR) is 111 cm³/mol. The van der Waals surface area contributed by atoms with E-state index in [0.29, 0.717) is 17.3 Å². The van der Waals surface area contributed by atoms with E-state index >= 15 is 0 Å². The summed E-state index contributed by atoms with van der Waals surface area (Å²) in [6.07, 6.45) is 4.74. The fourth-order valence-corrected chi connectivity index (χ4v) is 3.57. The minimum atomic E-state index is -0.405. The first-order chi connectivity index (χ1) is 13.2. The number of ether oxygens (including phenoxy) is 1. The fraction of sp³-hybridized carbons (Fsp3) is 0.400. The molecule has 1 unspecified atom stereocenters. The second-order valence-electron chi connectivity index (χ2n) is 6.90. The molecule has 2 aliphatic heterocycles. The van der Waals surface area contributed by atoms with Crippen molar-refractivity contribution < 1.29 is 13.9 Å². The summed E-state index contributed by atoms with van der Waals surface area (Å²) in [6.45, 7) is 3.41. The molecular formula is C20H23Cl2N3O3. The predicted octanol–water partition coefficient (Wildman–Crippen LogP) is 4.66. The van der Waals surface area contributed by atoms with E-state index in [1.807, 2.05) is 36.4 Å². The Morgan fingerprint density at radius 1 is 1.11 bits per heavy atom. The van der Waals surface area contributed by atoms with Gasteiger partial charge in [-0.2, -0.15) is 10.1 Å². The highest BCUT2D eigenvalue weighted by Crippen LogP contribution is 2.23. The van der Waals surface area contributed by atoms with Crippen molar-refractivity contribution in [2.45, 2.75) is 25.4 Å². The number of amides is 1. The molecule has 1 aromatic carbocycles. The Bertz CT molecular complexity index is 816. The van der Waals surface area contributed by atoms with E-state index in [-0.39, 0.29) is 18.5 Å². The first kappa shape index (κ1) is 20.7. The number of benzene rings is 1. The van der Waals surface area contributed by atoms with Crippen molar-refractivity contribution in [2.24, 2.45) is 5.10 Å². The standard InChI is InChI=1S/C20H22ClN3O3.ClH/c21-16-6-4-15(5-7-16)19-9-8-17(26-19)12-22-24-14-18(27-20(24)25)13-23-10-2-1-3-11-23;/h4-9,12,18H,1-3,10-11,13-14H2;1H. The number of nitrogens with zero attached hydrogens (tertiary/aromatic N) is 3. The van der Waals surface area contributed by atoms with Gasteiger partial charge in [-0.3, -0.25) is 4.90 Å². The van der Waals surface area contributed by atoms with E-state index in [1.54, 1.807) is 6.21 Å². The molecule has 28 heavy (non-hydrogen) atoms. The monoisotopic (exact) mass is 423 g/mol. The summed E-state index contributed by atoms with van der Waals surface area (Å²) in [7, 11) is 0. The number of piperidine rings is 1. The van der Waals surface area contributed by atoms with Gasteiger partial charge in [0.1, 0.15) is 17.6 Å². The molecule has 6 nitrogen and oxygen atoms in total. The first-order valence-corrected chi connectivity index (χ1v) is 9.65. The van der Waals surface area contributed by atoms with Crippen molar-refractivity contribution in [2.75, 3.05) is 26.2 Å². The summed E-state index contributed by atoms with van der Waals surface area (Å²) >= 11 is 5.91. The summed E-state index contributed by atoms with van der Waals surface area (Å²) in [5.41, 5.74) is 0.932. The topological polar surface area (TPSA) is 58.3 Å². The van der Waals surface area contributed by atoms with Gasteiger partial charge in [-0.15, -0.1) is 12.4 Å². The number of likely N-dealkylation sites (tertiary alicyclic amines) is 1. The smallest absolute Gasteiger partial charge is 0.430 e. The Hall–Kier alpha value is -2.02. The van der Waals surface area contributed by atoms with Gasteiger partial charge in [0.15, 0.2) is 0 Å². The van der Waals surface area contributed by atoms with E-state index in [4.69, 9.17) is 20.8 Å². The normalized spacial score (nSPS) is 20.4. The minimum absolute atomic E-state index is 0. The summed E-state index contributed by atoms with van der Waals surface area (Å²) in [6, 6.07) is 11.1. The third kappa shape index (κ3) is 5.07. The van der Waals surface area contributed by atoms with Gasteiger partial charge >= 0.3 is 6.09 Å². The zero-order valence-electron chi connectivity index (χ0n) is 15.4. The van der Waals surface area contributed by atoms with Crippen LogP contribution in [0.2, 0.25) is 5.02 Å². The molecule has 8 heteroatoms. The fourth-order valence-electron chi connectivity index (χ4n) is 3.45. The lowest BCUT2D eigenvalue weighted by Gasteiger charge is -2.27. The van der Waals surface area contributed by atoms with Crippen LogP contribution < -0.4 is 0 Å². The van der Waals surface area contributed by atoms with Crippen LogP contribution in [0.5, 0.6) is 0 Å². The summed E-state index contributed by atoms with van der Waals surface area (Å²) < 4.78 is 11.2. The zero-order chi connectivity index (χ0) is 18.6. The average Bonchev–Trinajstić information content (AvgIpc) is 3.28. The van der Waals surface area contributed by atoms with Crippen LogP contribution in [0.15, 0.2) is 45.9 Å². The van der Waals surface area contributed by atoms with Crippen LogP contribution in [-0.2, 0) is 4.74 Å². The highest BCUT2D eigenvalue weighted by atomic mass is 35.5. The van der Waals surface area contributed by atoms with Crippen molar-refractivity contribution >= 4 is 36.3 Å². The van der Waals surface area contributed by atoms with Crippen LogP contribution in [-0.4, -0.2) is 54.5 Å². The van der Waals surface area contributed by atoms with Crippen molar-refractivity contribution in [1.29, 1.82) is 0 Å². The molecular weight excluding hydrogens is 401 g/mol. The number of cyclic esters (lactones) is 1. The number of hydrogen-bond donors (Lipinski definition) is 0. The van der Waals surface area contributed by atoms with Gasteiger partial charge in [0.05, 0.1) is 12.8 Å². The molecule has 1 atom stereocenters. The van der Waals surface area contributed by atoms with E-state index < -0.39 is 6.09 Å². The minimum Gasteiger partial charge on any atom is -0.455 e. The Morgan fingerprint density at radius 2 is 1.86 bits per heavy atom. The van der Waals surface area contributed by atoms with Crippen LogP contribution in [0.3, 0.4) is 0 Å². The van der Waals surface area contributed by atoms with Gasteiger partial charge in [0.2, 0.25) is 0 Å². The van der Waals surface area contributed by atoms with E-state index in [0.717, 1.165) is 31.0 Å². The van der Waals surface area contributed by atoms with E-state index in [9.17, 15) is 4.79 Å². The molecule has 0 radical (unpaired) electrons. The maximum Gasteiger partial charge on any atom is 0.430 e. The van der Waals surface area contributed by atoms with Crippen LogP contribution in [0, 0.1) is 0 Å². The van der Waals surface area contributed by atoms with Crippen LogP contribution in [0.25, 0.3) is 11.3 Å². The first-order valence-electron chi connectivity index (χ1n) is 9.28. The third-order valence-corrected chi connectivity index (χ3v) is 5.10. The Kier molecular flexibility index (Phi) is 6.99. The summed E-state index contributed by atoms with van der Waals surface area (Å²) in [5, 5.41) is 6.28. The van der Waals surface area contributed by atoms with Gasteiger partial charge in [0, 0.05) is 17.1 Å². The van der Waals surface area contributed by atoms with Crippen LogP contribution in [0.1, 0.15) is 25.0 Å². The molecule has 4 rings (SSSR count). The molecule has 0 spiro atoms. The third-order valence-electron chi connectivity index (χ3n) is 4.85. The van der Waals surface area contributed by atoms with Gasteiger partial charge in [-0.1, -0.05) is 18.0 Å².